The van der Waals surface area contributed by atoms with E-state index < -0.39 is 44.6 Å². The van der Waals surface area contributed by atoms with Crippen LogP contribution in [0.4, 0.5) is 0 Å². The van der Waals surface area contributed by atoms with Crippen LogP contribution in [0.25, 0.3) is 0 Å². The van der Waals surface area contributed by atoms with Crippen molar-refractivity contribution < 1.29 is 17.7 Å². The van der Waals surface area contributed by atoms with E-state index >= 15 is 0 Å². The van der Waals surface area contributed by atoms with Crippen molar-refractivity contribution in [2.45, 2.75) is 65.5 Å². The Morgan fingerprint density at radius 1 is 0.333 bits per heavy atom. The summed E-state index contributed by atoms with van der Waals surface area (Å²) in [6, 6.07) is 0. The van der Waals surface area contributed by atoms with Gasteiger partial charge in [0.15, 0.2) is 31.3 Å². The van der Waals surface area contributed by atoms with Gasteiger partial charge in [-0.05, 0) is 52.4 Å². The molecule has 0 unspecified atom stereocenters. The van der Waals surface area contributed by atoms with Gasteiger partial charge >= 0.3 is 0 Å². The fourth-order valence-corrected chi connectivity index (χ4v) is 184. The molecule has 0 aliphatic heterocycles. The van der Waals surface area contributed by atoms with E-state index in [0.29, 0.717) is 0 Å². The fraction of sp³-hybridized carbons (Fsp3) is 1.00. The lowest BCUT2D eigenvalue weighted by atomic mass is 11.8. The zero-order valence-electron chi connectivity index (χ0n) is 18.6. The molecule has 0 aromatic rings. The molecule has 146 valence electrons. The molecule has 0 heterocycles. The van der Waals surface area contributed by atoms with Crippen molar-refractivity contribution >= 4 is 44.6 Å². The molecule has 0 saturated heterocycles. The molecular formula is C14H42O4Si6. The summed E-state index contributed by atoms with van der Waals surface area (Å²) in [7, 11) is -0.00931. The zero-order chi connectivity index (χ0) is 19.8. The highest BCUT2D eigenvalue weighted by Crippen LogP contribution is 2.46. The van der Waals surface area contributed by atoms with Gasteiger partial charge in [-0.15, -0.1) is 0 Å². The van der Waals surface area contributed by atoms with Crippen LogP contribution >= 0.6 is 0 Å². The van der Waals surface area contributed by atoms with Crippen molar-refractivity contribution in [2.24, 2.45) is 0 Å². The van der Waals surface area contributed by atoms with Crippen LogP contribution in [-0.4, -0.2) is 73.0 Å². The van der Waals surface area contributed by atoms with Crippen LogP contribution in [0.2, 0.25) is 65.5 Å². The van der Waals surface area contributed by atoms with Crippen LogP contribution in [-0.2, 0) is 17.7 Å². The average molecular weight is 443 g/mol. The highest BCUT2D eigenvalue weighted by molar-refractivity contribution is 8.07. The Kier molecular flexibility index (Phi) is 8.00. The predicted molar refractivity (Wildman–Crippen MR) is 121 cm³/mol. The molecule has 4 nitrogen and oxygen atoms in total. The zero-order valence-corrected chi connectivity index (χ0v) is 24.6. The summed E-state index contributed by atoms with van der Waals surface area (Å²) in [6.45, 7) is 20.8. The van der Waals surface area contributed by atoms with Crippen LogP contribution in [0.1, 0.15) is 0 Å². The van der Waals surface area contributed by atoms with Crippen LogP contribution in [0, 0.1) is 0 Å². The normalized spacial score (nSPS) is 15.8. The fourth-order valence-electron chi connectivity index (χ4n) is 4.67. The summed E-state index contributed by atoms with van der Waals surface area (Å²) < 4.78 is 25.4. The summed E-state index contributed by atoms with van der Waals surface area (Å²) in [6.07, 6.45) is 0. The maximum Gasteiger partial charge on any atom is 0.171 e. The first-order chi connectivity index (χ1) is 10.5. The topological polar surface area (TPSA) is 36.9 Å². The Morgan fingerprint density at radius 3 is 0.542 bits per heavy atom. The molecule has 0 fully saturated rings. The van der Waals surface area contributed by atoms with Gasteiger partial charge in [0.2, 0.25) is 0 Å². The minimum atomic E-state index is -1.93. The molecule has 0 bridgehead atoms. The summed E-state index contributed by atoms with van der Waals surface area (Å²) in [5, 5.41) is 0. The van der Waals surface area contributed by atoms with Gasteiger partial charge in [0.1, 0.15) is 0 Å². The van der Waals surface area contributed by atoms with Crippen molar-refractivity contribution in [1.82, 2.24) is 0 Å². The second kappa shape index (κ2) is 7.64. The number of rotatable bonds is 9. The van der Waals surface area contributed by atoms with Crippen LogP contribution in [0.5, 0.6) is 0 Å². The maximum absolute atomic E-state index is 6.34. The van der Waals surface area contributed by atoms with Gasteiger partial charge in [-0.1, -0.05) is 13.1 Å². The second-order valence-corrected chi connectivity index (χ2v) is 68.8. The summed E-state index contributed by atoms with van der Waals surface area (Å²) >= 11 is 0. The standard InChI is InChI=1S/C14H42O4Si6/c1-15-19(5,6)23(13,20(7,8)16-2)24(14,21(9,10)17-3)22(11,12)18-4/h1-14H3. The molecule has 10 heteroatoms. The van der Waals surface area contributed by atoms with E-state index in [1.807, 2.05) is 28.4 Å². The molecule has 0 amide bonds. The Morgan fingerprint density at radius 2 is 0.458 bits per heavy atom. The van der Waals surface area contributed by atoms with Gasteiger partial charge in [-0.3, -0.25) is 0 Å². The molecule has 0 saturated carbocycles. The maximum atomic E-state index is 6.34. The SMILES string of the molecule is CO[Si](C)(C)[Si](C)([Si](C)(C)OC)[Si](C)([Si](C)(C)OC)[Si](C)(C)OC. The molecular weight excluding hydrogens is 401 g/mol. The van der Waals surface area contributed by atoms with Gasteiger partial charge in [-0.25, -0.2) is 0 Å². The number of hydrogen-bond donors (Lipinski definition) is 0. The molecule has 0 N–H and O–H groups in total. The van der Waals surface area contributed by atoms with Crippen molar-refractivity contribution in [2.75, 3.05) is 28.4 Å². The van der Waals surface area contributed by atoms with Crippen molar-refractivity contribution in [3.8, 4) is 0 Å². The number of hydrogen-bond acceptors (Lipinski definition) is 4. The monoisotopic (exact) mass is 442 g/mol. The quantitative estimate of drug-likeness (QED) is 0.507. The highest BCUT2D eigenvalue weighted by Gasteiger charge is 2.77. The third-order valence-electron chi connectivity index (χ3n) is 7.86. The van der Waals surface area contributed by atoms with E-state index in [-0.39, 0.29) is 0 Å². The van der Waals surface area contributed by atoms with E-state index in [1.54, 1.807) is 0 Å². The molecule has 0 rings (SSSR count). The van der Waals surface area contributed by atoms with Gasteiger partial charge in [0.25, 0.3) is 0 Å². The summed E-state index contributed by atoms with van der Waals surface area (Å²) in [4.78, 5) is 0. The Bertz CT molecular complexity index is 367. The first-order valence-corrected chi connectivity index (χ1v) is 30.3. The molecule has 0 radical (unpaired) electrons. The molecule has 0 aliphatic carbocycles. The van der Waals surface area contributed by atoms with Gasteiger partial charge in [0.05, 0.1) is 13.3 Å². The molecule has 24 heavy (non-hydrogen) atoms. The summed E-state index contributed by atoms with van der Waals surface area (Å²) in [5.74, 6) is 0. The predicted octanol–water partition coefficient (Wildman–Crippen LogP) is 3.94. The smallest absolute Gasteiger partial charge is 0.171 e. The molecule has 0 aliphatic rings. The third-order valence-corrected chi connectivity index (χ3v) is 131. The van der Waals surface area contributed by atoms with E-state index in [9.17, 15) is 0 Å². The molecule has 0 spiro atoms. The lowest BCUT2D eigenvalue weighted by Gasteiger charge is -2.63. The third kappa shape index (κ3) is 3.36. The van der Waals surface area contributed by atoms with Crippen LogP contribution in [0.15, 0.2) is 0 Å². The van der Waals surface area contributed by atoms with Gasteiger partial charge in [0, 0.05) is 28.4 Å². The van der Waals surface area contributed by atoms with Crippen LogP contribution in [0.3, 0.4) is 0 Å². The Balaban J connectivity index is 7.14. The van der Waals surface area contributed by atoms with Crippen molar-refractivity contribution in [3.05, 3.63) is 0 Å². The lowest BCUT2D eigenvalue weighted by molar-refractivity contribution is 0.407. The second-order valence-electron chi connectivity index (χ2n) is 9.11. The highest BCUT2D eigenvalue weighted by atomic mass is 30.2. The lowest BCUT2D eigenvalue weighted by Crippen LogP contribution is -2.97. The Labute approximate surface area is 156 Å². The van der Waals surface area contributed by atoms with Crippen molar-refractivity contribution in [1.29, 1.82) is 0 Å². The minimum absolute atomic E-state index is 1.93. The van der Waals surface area contributed by atoms with E-state index in [2.05, 4.69) is 65.5 Å². The molecule has 0 aromatic carbocycles. The minimum Gasteiger partial charge on any atom is -0.424 e. The van der Waals surface area contributed by atoms with Crippen molar-refractivity contribution in [3.63, 3.8) is 0 Å². The van der Waals surface area contributed by atoms with Crippen LogP contribution < -0.4 is 0 Å². The van der Waals surface area contributed by atoms with Gasteiger partial charge in [-0.2, -0.15) is 0 Å². The van der Waals surface area contributed by atoms with E-state index in [0.717, 1.165) is 0 Å². The summed E-state index contributed by atoms with van der Waals surface area (Å²) in [5.41, 5.74) is 0. The first-order valence-electron chi connectivity index (χ1n) is 8.70. The first kappa shape index (κ1) is 25.1. The van der Waals surface area contributed by atoms with E-state index in [1.165, 1.54) is 0 Å². The largest absolute Gasteiger partial charge is 0.424 e. The molecule has 0 aromatic heterocycles. The van der Waals surface area contributed by atoms with E-state index in [4.69, 9.17) is 17.7 Å². The van der Waals surface area contributed by atoms with Gasteiger partial charge < -0.3 is 17.7 Å². The average Bonchev–Trinajstić information content (AvgIpc) is 2.52. The molecule has 0 atom stereocenters. The Hall–Kier alpha value is 1.14.